The van der Waals surface area contributed by atoms with Crippen LogP contribution in [0.15, 0.2) is 66.9 Å². The Morgan fingerprint density at radius 1 is 0.947 bits per heavy atom. The molecule has 19 heavy (non-hydrogen) atoms. The molecule has 2 nitrogen and oxygen atoms in total. The zero-order chi connectivity index (χ0) is 13.1. The van der Waals surface area contributed by atoms with Gasteiger partial charge < -0.3 is 0 Å². The van der Waals surface area contributed by atoms with Gasteiger partial charge in [0.15, 0.2) is 0 Å². The fourth-order valence-corrected chi connectivity index (χ4v) is 2.21. The van der Waals surface area contributed by atoms with Crippen molar-refractivity contribution in [2.24, 2.45) is 0 Å². The second-order valence-electron chi connectivity index (χ2n) is 4.75. The molecule has 0 saturated heterocycles. The number of benzene rings is 2. The number of aryl methyl sites for hydroxylation is 1. The first-order chi connectivity index (χ1) is 9.31. The van der Waals surface area contributed by atoms with Crippen molar-refractivity contribution in [3.8, 4) is 11.3 Å². The molecule has 3 aromatic rings. The first-order valence-corrected chi connectivity index (χ1v) is 6.46. The Balaban J connectivity index is 1.82. The molecule has 1 aromatic heterocycles. The molecule has 0 fully saturated rings. The van der Waals surface area contributed by atoms with E-state index >= 15 is 0 Å². The molecule has 0 bridgehead atoms. The van der Waals surface area contributed by atoms with E-state index in [-0.39, 0.29) is 0 Å². The lowest BCUT2D eigenvalue weighted by Gasteiger charge is -2.03. The Kier molecular flexibility index (Phi) is 3.15. The molecule has 0 radical (unpaired) electrons. The van der Waals surface area contributed by atoms with Crippen LogP contribution in [-0.4, -0.2) is 9.78 Å². The van der Waals surface area contributed by atoms with Crippen LogP contribution in [0.1, 0.15) is 11.1 Å². The van der Waals surface area contributed by atoms with E-state index < -0.39 is 0 Å². The average Bonchev–Trinajstić information content (AvgIpc) is 2.88. The first kappa shape index (κ1) is 11.7. The van der Waals surface area contributed by atoms with Crippen LogP contribution in [0.3, 0.4) is 0 Å². The minimum atomic E-state index is 0.814. The monoisotopic (exact) mass is 248 g/mol. The number of hydrogen-bond donors (Lipinski definition) is 0. The van der Waals surface area contributed by atoms with Gasteiger partial charge >= 0.3 is 0 Å². The van der Waals surface area contributed by atoms with Gasteiger partial charge in [-0.25, -0.2) is 0 Å². The van der Waals surface area contributed by atoms with E-state index in [1.807, 2.05) is 29.1 Å². The zero-order valence-corrected chi connectivity index (χ0v) is 11.0. The Labute approximate surface area is 113 Å². The maximum Gasteiger partial charge on any atom is 0.0923 e. The van der Waals surface area contributed by atoms with E-state index in [0.29, 0.717) is 0 Å². The molecule has 0 amide bonds. The number of hydrogen-bond acceptors (Lipinski definition) is 1. The summed E-state index contributed by atoms with van der Waals surface area (Å²) in [4.78, 5) is 0. The van der Waals surface area contributed by atoms with Gasteiger partial charge in [-0.3, -0.25) is 4.68 Å². The van der Waals surface area contributed by atoms with Crippen molar-refractivity contribution in [1.29, 1.82) is 0 Å². The molecule has 0 aliphatic rings. The van der Waals surface area contributed by atoms with Crippen LogP contribution in [0, 0.1) is 6.92 Å². The van der Waals surface area contributed by atoms with Crippen molar-refractivity contribution in [2.45, 2.75) is 13.5 Å². The summed E-state index contributed by atoms with van der Waals surface area (Å²) in [5, 5.41) is 4.62. The molecular formula is C17H16N2. The van der Waals surface area contributed by atoms with Crippen LogP contribution in [0.25, 0.3) is 11.3 Å². The normalized spacial score (nSPS) is 10.6. The van der Waals surface area contributed by atoms with Crippen LogP contribution in [-0.2, 0) is 6.54 Å². The molecule has 0 N–H and O–H groups in total. The van der Waals surface area contributed by atoms with E-state index in [9.17, 15) is 0 Å². The van der Waals surface area contributed by atoms with Crippen molar-refractivity contribution >= 4 is 0 Å². The third-order valence-corrected chi connectivity index (χ3v) is 3.14. The molecule has 3 rings (SSSR count). The number of aromatic nitrogens is 2. The van der Waals surface area contributed by atoms with Gasteiger partial charge in [-0.2, -0.15) is 5.10 Å². The quantitative estimate of drug-likeness (QED) is 0.687. The fraction of sp³-hybridized carbons (Fsp3) is 0.118. The predicted molar refractivity (Wildman–Crippen MR) is 77.9 cm³/mol. The van der Waals surface area contributed by atoms with E-state index in [1.54, 1.807) is 0 Å². The minimum absolute atomic E-state index is 0.814. The van der Waals surface area contributed by atoms with E-state index in [4.69, 9.17) is 0 Å². The molecular weight excluding hydrogens is 232 g/mol. The summed E-state index contributed by atoms with van der Waals surface area (Å²) in [5.74, 6) is 0. The summed E-state index contributed by atoms with van der Waals surface area (Å²) >= 11 is 0. The number of nitrogens with zero attached hydrogens (tertiary/aromatic N) is 2. The van der Waals surface area contributed by atoms with E-state index in [0.717, 1.165) is 17.8 Å². The van der Waals surface area contributed by atoms with Gasteiger partial charge in [0.25, 0.3) is 0 Å². The number of rotatable bonds is 3. The van der Waals surface area contributed by atoms with Crippen LogP contribution in [0.5, 0.6) is 0 Å². The summed E-state index contributed by atoms with van der Waals surface area (Å²) < 4.78 is 1.98. The molecule has 0 unspecified atom stereocenters. The highest BCUT2D eigenvalue weighted by Gasteiger charge is 2.02. The lowest BCUT2D eigenvalue weighted by molar-refractivity contribution is 0.689. The van der Waals surface area contributed by atoms with Crippen LogP contribution in [0.2, 0.25) is 0 Å². The third kappa shape index (κ3) is 2.74. The summed E-state index contributed by atoms with van der Waals surface area (Å²) in [5.41, 5.74) is 4.74. The lowest BCUT2D eigenvalue weighted by Crippen LogP contribution is -2.00. The summed E-state index contributed by atoms with van der Waals surface area (Å²) in [7, 11) is 0. The van der Waals surface area contributed by atoms with Crippen molar-refractivity contribution in [2.75, 3.05) is 0 Å². The molecule has 0 aliphatic heterocycles. The zero-order valence-electron chi connectivity index (χ0n) is 11.0. The van der Waals surface area contributed by atoms with Gasteiger partial charge in [-0.1, -0.05) is 60.2 Å². The SMILES string of the molecule is Cc1cccc(Cn2ccc(-c3ccccc3)n2)c1. The minimum Gasteiger partial charge on any atom is -0.268 e. The van der Waals surface area contributed by atoms with Gasteiger partial charge in [-0.05, 0) is 18.6 Å². The lowest BCUT2D eigenvalue weighted by atomic mass is 10.1. The molecule has 0 spiro atoms. The Morgan fingerprint density at radius 2 is 1.79 bits per heavy atom. The third-order valence-electron chi connectivity index (χ3n) is 3.14. The highest BCUT2D eigenvalue weighted by Crippen LogP contribution is 2.16. The van der Waals surface area contributed by atoms with Crippen molar-refractivity contribution in [3.05, 3.63) is 78.0 Å². The van der Waals surface area contributed by atoms with Crippen molar-refractivity contribution in [1.82, 2.24) is 9.78 Å². The maximum atomic E-state index is 4.62. The molecule has 2 aromatic carbocycles. The molecule has 0 aliphatic carbocycles. The largest absolute Gasteiger partial charge is 0.268 e. The molecule has 94 valence electrons. The summed E-state index contributed by atoms with van der Waals surface area (Å²) in [6.45, 7) is 2.93. The van der Waals surface area contributed by atoms with E-state index in [1.165, 1.54) is 11.1 Å². The smallest absolute Gasteiger partial charge is 0.0923 e. The standard InChI is InChI=1S/C17H16N2/c1-14-6-5-7-15(12-14)13-19-11-10-17(18-19)16-8-3-2-4-9-16/h2-12H,13H2,1H3. The summed E-state index contributed by atoms with van der Waals surface area (Å²) in [6.07, 6.45) is 2.03. The van der Waals surface area contributed by atoms with Gasteiger partial charge in [0.2, 0.25) is 0 Å². The van der Waals surface area contributed by atoms with Crippen molar-refractivity contribution in [3.63, 3.8) is 0 Å². The summed E-state index contributed by atoms with van der Waals surface area (Å²) in [6, 6.07) is 20.9. The van der Waals surface area contributed by atoms with Gasteiger partial charge in [0.1, 0.15) is 0 Å². The van der Waals surface area contributed by atoms with Gasteiger partial charge in [0, 0.05) is 11.8 Å². The Hall–Kier alpha value is -2.35. The van der Waals surface area contributed by atoms with Crippen LogP contribution < -0.4 is 0 Å². The molecule has 0 saturated carbocycles. The average molecular weight is 248 g/mol. The van der Waals surface area contributed by atoms with Crippen LogP contribution >= 0.6 is 0 Å². The van der Waals surface area contributed by atoms with Crippen LogP contribution in [0.4, 0.5) is 0 Å². The molecule has 1 heterocycles. The highest BCUT2D eigenvalue weighted by molar-refractivity contribution is 5.58. The second kappa shape index (κ2) is 5.11. The van der Waals surface area contributed by atoms with Gasteiger partial charge in [-0.15, -0.1) is 0 Å². The topological polar surface area (TPSA) is 17.8 Å². The Morgan fingerprint density at radius 3 is 2.58 bits per heavy atom. The van der Waals surface area contributed by atoms with E-state index in [2.05, 4.69) is 54.5 Å². The fourth-order valence-electron chi connectivity index (χ4n) is 2.21. The first-order valence-electron chi connectivity index (χ1n) is 6.46. The maximum absolute atomic E-state index is 4.62. The highest BCUT2D eigenvalue weighted by atomic mass is 15.3. The Bertz CT molecular complexity index is 668. The van der Waals surface area contributed by atoms with Crippen molar-refractivity contribution < 1.29 is 0 Å². The molecule has 0 atom stereocenters. The second-order valence-corrected chi connectivity index (χ2v) is 4.75. The predicted octanol–water partition coefficient (Wildman–Crippen LogP) is 3.91. The van der Waals surface area contributed by atoms with Gasteiger partial charge in [0.05, 0.1) is 12.2 Å². The molecule has 2 heteroatoms.